The minimum absolute atomic E-state index is 0.302. The van der Waals surface area contributed by atoms with E-state index in [9.17, 15) is 9.50 Å². The fraction of sp³-hybridized carbons (Fsp3) is 0.357. The average Bonchev–Trinajstić information content (AvgIpc) is 2.56. The summed E-state index contributed by atoms with van der Waals surface area (Å²) in [5.74, 6) is -0.302. The Morgan fingerprint density at radius 3 is 2.63 bits per heavy atom. The first-order valence-electron chi connectivity index (χ1n) is 6.02. The van der Waals surface area contributed by atoms with Crippen molar-refractivity contribution < 1.29 is 9.50 Å². The van der Waals surface area contributed by atoms with Gasteiger partial charge in [0, 0.05) is 19.0 Å². The summed E-state index contributed by atoms with van der Waals surface area (Å²) in [5, 5.41) is 15.0. The summed E-state index contributed by atoms with van der Waals surface area (Å²) >= 11 is 6.14. The molecule has 1 aromatic carbocycles. The lowest BCUT2D eigenvalue weighted by Gasteiger charge is -2.13. The van der Waals surface area contributed by atoms with Crippen LogP contribution in [0, 0.1) is 19.7 Å². The normalized spacial score (nSPS) is 12.7. The van der Waals surface area contributed by atoms with E-state index in [-0.39, 0.29) is 5.82 Å². The average molecular weight is 283 g/mol. The van der Waals surface area contributed by atoms with Crippen molar-refractivity contribution in [3.05, 3.63) is 51.6 Å². The maximum atomic E-state index is 13.1. The molecule has 5 heteroatoms. The molecule has 1 N–H and O–H groups in total. The maximum Gasteiger partial charge on any atom is 0.130 e. The number of hydrogen-bond acceptors (Lipinski definition) is 2. The molecule has 0 saturated carbocycles. The number of aryl methyl sites for hydroxylation is 3. The zero-order valence-electron chi connectivity index (χ0n) is 11.1. The van der Waals surface area contributed by atoms with Crippen molar-refractivity contribution in [3.63, 3.8) is 0 Å². The van der Waals surface area contributed by atoms with Gasteiger partial charge in [0.1, 0.15) is 11.0 Å². The molecule has 3 nitrogen and oxygen atoms in total. The first-order valence-corrected chi connectivity index (χ1v) is 6.40. The molecule has 0 saturated heterocycles. The highest BCUT2D eigenvalue weighted by Gasteiger charge is 2.18. The van der Waals surface area contributed by atoms with Crippen LogP contribution in [-0.4, -0.2) is 14.9 Å². The van der Waals surface area contributed by atoms with E-state index >= 15 is 0 Å². The van der Waals surface area contributed by atoms with E-state index in [1.165, 1.54) is 12.1 Å². The van der Waals surface area contributed by atoms with Crippen molar-refractivity contribution in [1.29, 1.82) is 0 Å². The van der Waals surface area contributed by atoms with Crippen molar-refractivity contribution in [1.82, 2.24) is 9.78 Å². The van der Waals surface area contributed by atoms with E-state index in [1.54, 1.807) is 24.7 Å². The Hall–Kier alpha value is -1.39. The molecule has 1 heterocycles. The van der Waals surface area contributed by atoms with E-state index in [0.717, 1.165) is 16.8 Å². The van der Waals surface area contributed by atoms with E-state index in [1.807, 2.05) is 6.92 Å². The minimum Gasteiger partial charge on any atom is -0.388 e. The molecule has 0 radical (unpaired) electrons. The number of hydrogen-bond donors (Lipinski definition) is 1. The molecule has 0 aliphatic heterocycles. The number of aliphatic hydroxyl groups is 1. The number of benzene rings is 1. The molecule has 0 fully saturated rings. The van der Waals surface area contributed by atoms with Crippen LogP contribution in [0.2, 0.25) is 5.15 Å². The highest BCUT2D eigenvalue weighted by Crippen LogP contribution is 2.27. The molecule has 0 spiro atoms. The second-order valence-corrected chi connectivity index (χ2v) is 5.06. The van der Waals surface area contributed by atoms with Gasteiger partial charge in [-0.05, 0) is 37.1 Å². The van der Waals surface area contributed by atoms with Gasteiger partial charge in [-0.3, -0.25) is 4.68 Å². The van der Waals surface area contributed by atoms with Crippen molar-refractivity contribution in [2.24, 2.45) is 7.05 Å². The SMILES string of the molecule is Cc1cc(F)ccc1C(O)Cc1c(C)nn(C)c1Cl. The first kappa shape index (κ1) is 14.0. The largest absolute Gasteiger partial charge is 0.388 e. The van der Waals surface area contributed by atoms with Crippen molar-refractivity contribution in [2.75, 3.05) is 0 Å². The van der Waals surface area contributed by atoms with Gasteiger partial charge in [0.05, 0.1) is 11.8 Å². The van der Waals surface area contributed by atoms with Gasteiger partial charge < -0.3 is 5.11 Å². The number of aromatic nitrogens is 2. The van der Waals surface area contributed by atoms with E-state index in [0.29, 0.717) is 17.1 Å². The Labute approximate surface area is 116 Å². The number of aliphatic hydroxyl groups excluding tert-OH is 1. The Morgan fingerprint density at radius 1 is 1.42 bits per heavy atom. The third kappa shape index (κ3) is 2.80. The monoisotopic (exact) mass is 282 g/mol. The Bertz CT molecular complexity index is 610. The molecule has 1 atom stereocenters. The van der Waals surface area contributed by atoms with Gasteiger partial charge in [-0.25, -0.2) is 4.39 Å². The van der Waals surface area contributed by atoms with Crippen LogP contribution in [0.4, 0.5) is 4.39 Å². The Morgan fingerprint density at radius 2 is 2.11 bits per heavy atom. The highest BCUT2D eigenvalue weighted by molar-refractivity contribution is 6.30. The fourth-order valence-electron chi connectivity index (χ4n) is 2.22. The molecule has 102 valence electrons. The van der Waals surface area contributed by atoms with Gasteiger partial charge in [-0.2, -0.15) is 5.10 Å². The van der Waals surface area contributed by atoms with Gasteiger partial charge in [0.25, 0.3) is 0 Å². The van der Waals surface area contributed by atoms with Gasteiger partial charge in [-0.15, -0.1) is 0 Å². The topological polar surface area (TPSA) is 38.1 Å². The van der Waals surface area contributed by atoms with E-state index in [2.05, 4.69) is 5.10 Å². The minimum atomic E-state index is -0.721. The summed E-state index contributed by atoms with van der Waals surface area (Å²) < 4.78 is 14.6. The molecule has 1 unspecified atom stereocenters. The van der Waals surface area contributed by atoms with E-state index < -0.39 is 6.10 Å². The summed E-state index contributed by atoms with van der Waals surface area (Å²) in [4.78, 5) is 0. The van der Waals surface area contributed by atoms with Crippen LogP contribution in [0.25, 0.3) is 0 Å². The quantitative estimate of drug-likeness (QED) is 0.939. The lowest BCUT2D eigenvalue weighted by molar-refractivity contribution is 0.177. The highest BCUT2D eigenvalue weighted by atomic mass is 35.5. The summed E-state index contributed by atoms with van der Waals surface area (Å²) in [5.41, 5.74) is 3.05. The predicted octanol–water partition coefficient (Wildman–Crippen LogP) is 3.11. The third-order valence-electron chi connectivity index (χ3n) is 3.26. The van der Waals surface area contributed by atoms with Crippen molar-refractivity contribution in [2.45, 2.75) is 26.4 Å². The molecule has 19 heavy (non-hydrogen) atoms. The maximum absolute atomic E-state index is 13.1. The summed E-state index contributed by atoms with van der Waals surface area (Å²) in [6.07, 6.45) is -0.355. The van der Waals surface area contributed by atoms with Gasteiger partial charge in [-0.1, -0.05) is 17.7 Å². The fourth-order valence-corrected chi connectivity index (χ4v) is 2.47. The molecule has 0 aliphatic carbocycles. The molecule has 2 aromatic rings. The smallest absolute Gasteiger partial charge is 0.130 e. The zero-order valence-corrected chi connectivity index (χ0v) is 11.9. The van der Waals surface area contributed by atoms with Crippen molar-refractivity contribution in [3.8, 4) is 0 Å². The molecule has 2 rings (SSSR count). The Balaban J connectivity index is 2.28. The standard InChI is InChI=1S/C14H16ClFN2O/c1-8-6-10(16)4-5-11(8)13(19)7-12-9(2)17-18(3)14(12)15/h4-6,13,19H,7H2,1-3H3. The summed E-state index contributed by atoms with van der Waals surface area (Å²) in [6.45, 7) is 3.63. The van der Waals surface area contributed by atoms with Crippen molar-refractivity contribution >= 4 is 11.6 Å². The third-order valence-corrected chi connectivity index (χ3v) is 3.73. The summed E-state index contributed by atoms with van der Waals surface area (Å²) in [6, 6.07) is 4.37. The van der Waals surface area contributed by atoms with Crippen LogP contribution in [-0.2, 0) is 13.5 Å². The van der Waals surface area contributed by atoms with Crippen LogP contribution in [0.3, 0.4) is 0 Å². The van der Waals surface area contributed by atoms with Crippen LogP contribution in [0.1, 0.15) is 28.5 Å². The molecule has 0 amide bonds. The van der Waals surface area contributed by atoms with Gasteiger partial charge in [0.15, 0.2) is 0 Å². The van der Waals surface area contributed by atoms with Crippen LogP contribution in [0.5, 0.6) is 0 Å². The number of nitrogens with zero attached hydrogens (tertiary/aromatic N) is 2. The predicted molar refractivity (Wildman–Crippen MR) is 72.8 cm³/mol. The second kappa shape index (κ2) is 5.31. The van der Waals surface area contributed by atoms with Crippen LogP contribution < -0.4 is 0 Å². The van der Waals surface area contributed by atoms with Crippen LogP contribution >= 0.6 is 11.6 Å². The van der Waals surface area contributed by atoms with Gasteiger partial charge >= 0.3 is 0 Å². The number of rotatable bonds is 3. The van der Waals surface area contributed by atoms with Gasteiger partial charge in [0.2, 0.25) is 0 Å². The zero-order chi connectivity index (χ0) is 14.2. The molecule has 0 bridgehead atoms. The number of halogens is 2. The first-order chi connectivity index (χ1) is 8.90. The molecule has 1 aromatic heterocycles. The molecular formula is C14H16ClFN2O. The molecule has 0 aliphatic rings. The Kier molecular flexibility index (Phi) is 3.92. The summed E-state index contributed by atoms with van der Waals surface area (Å²) in [7, 11) is 1.76. The van der Waals surface area contributed by atoms with Crippen LogP contribution in [0.15, 0.2) is 18.2 Å². The second-order valence-electron chi connectivity index (χ2n) is 4.70. The lowest BCUT2D eigenvalue weighted by Crippen LogP contribution is -2.05. The lowest BCUT2D eigenvalue weighted by atomic mass is 9.98. The van der Waals surface area contributed by atoms with E-state index in [4.69, 9.17) is 11.6 Å². The molecular weight excluding hydrogens is 267 g/mol.